The summed E-state index contributed by atoms with van der Waals surface area (Å²) in [6, 6.07) is 30.5. The van der Waals surface area contributed by atoms with E-state index in [4.69, 9.17) is 19.4 Å². The molecule has 2 fully saturated rings. The Bertz CT molecular complexity index is 2490. The van der Waals surface area contributed by atoms with Crippen molar-refractivity contribution >= 4 is 28.9 Å². The predicted molar refractivity (Wildman–Crippen MR) is 232 cm³/mol. The second-order valence-electron chi connectivity index (χ2n) is 17.3. The molecule has 0 aliphatic carbocycles. The summed E-state index contributed by atoms with van der Waals surface area (Å²) in [5, 5.41) is 4.92. The SMILES string of the molecule is COC(=O)N[C@H](C(=O)N1CCC[C@H]1c1ncc(-c2ccc3cc(-c4ccc(-c5cnc([C@@H]6C[C@H](c7ccccc7)CN6C(=O)OC(C)(C)C)[nH]5)cc4)ccc3c2)[nH]1)C(C)C. The minimum absolute atomic E-state index is 0.101. The van der Waals surface area contributed by atoms with Crippen molar-refractivity contribution in [3.05, 3.63) is 121 Å². The number of nitrogens with zero attached hydrogens (tertiary/aromatic N) is 4. The van der Waals surface area contributed by atoms with Crippen molar-refractivity contribution in [2.24, 2.45) is 5.92 Å². The van der Waals surface area contributed by atoms with Gasteiger partial charge in [0.25, 0.3) is 0 Å². The molecule has 60 heavy (non-hydrogen) atoms. The smallest absolute Gasteiger partial charge is 0.410 e. The van der Waals surface area contributed by atoms with Crippen LogP contribution in [0.25, 0.3) is 44.4 Å². The molecule has 0 radical (unpaired) electrons. The van der Waals surface area contributed by atoms with Crippen LogP contribution in [-0.4, -0.2) is 79.7 Å². The summed E-state index contributed by atoms with van der Waals surface area (Å²) in [6.45, 7) is 10.7. The third kappa shape index (κ3) is 8.50. The molecule has 8 rings (SSSR count). The number of ether oxygens (including phenoxy) is 2. The summed E-state index contributed by atoms with van der Waals surface area (Å²) in [5.74, 6) is 1.43. The van der Waals surface area contributed by atoms with Gasteiger partial charge in [0.1, 0.15) is 23.3 Å². The van der Waals surface area contributed by atoms with E-state index in [0.717, 1.165) is 75.3 Å². The van der Waals surface area contributed by atoms with Gasteiger partial charge in [-0.1, -0.05) is 92.7 Å². The Hall–Kier alpha value is -6.43. The standard InChI is InChI=1S/C48H53N7O5/c1-29(2)42(53-46(57)59-6)45(56)54-22-10-13-40(54)43-49-27-39(52-43)36-21-20-34-23-33(18-19-35(34)24-36)31-14-16-32(17-15-31)38-26-50-44(51-38)41-25-37(30-11-8-7-9-12-30)28-55(41)47(58)60-48(3,4)5/h7-9,11-12,14-21,23-24,26-27,29,37,40-42H,10,13,22,25,28H2,1-6H3,(H,49,52)(H,50,51)(H,53,57)/t37-,40-,41-,42-/m0/s1. The van der Waals surface area contributed by atoms with Crippen molar-refractivity contribution in [3.63, 3.8) is 0 Å². The Morgan fingerprint density at radius 1 is 0.767 bits per heavy atom. The molecule has 3 amide bonds. The Kier molecular flexibility index (Phi) is 11.2. The Balaban J connectivity index is 0.959. The first-order chi connectivity index (χ1) is 28.8. The maximum atomic E-state index is 13.6. The normalized spacial score (nSPS) is 18.6. The van der Waals surface area contributed by atoms with Gasteiger partial charge in [-0.15, -0.1) is 0 Å². The van der Waals surface area contributed by atoms with Crippen LogP contribution in [-0.2, 0) is 14.3 Å². The quantitative estimate of drug-likeness (QED) is 0.132. The first-order valence-corrected chi connectivity index (χ1v) is 20.8. The summed E-state index contributed by atoms with van der Waals surface area (Å²) >= 11 is 0. The average Bonchev–Trinajstić information content (AvgIpc) is 4.08. The van der Waals surface area contributed by atoms with Crippen molar-refractivity contribution < 1.29 is 23.9 Å². The number of likely N-dealkylation sites (tertiary alicyclic amines) is 2. The van der Waals surface area contributed by atoms with Crippen LogP contribution < -0.4 is 5.32 Å². The van der Waals surface area contributed by atoms with Crippen LogP contribution in [0.5, 0.6) is 0 Å². The van der Waals surface area contributed by atoms with Gasteiger partial charge < -0.3 is 29.7 Å². The number of methoxy groups -OCH3 is 1. The van der Waals surface area contributed by atoms with Gasteiger partial charge in [-0.05, 0) is 91.1 Å². The van der Waals surface area contributed by atoms with Crippen molar-refractivity contribution in [2.45, 2.75) is 83.5 Å². The van der Waals surface area contributed by atoms with Gasteiger partial charge in [-0.3, -0.25) is 9.69 Å². The molecule has 2 saturated heterocycles. The zero-order chi connectivity index (χ0) is 42.1. The number of aromatic amines is 2. The van der Waals surface area contributed by atoms with Gasteiger partial charge in [-0.25, -0.2) is 19.6 Å². The molecule has 0 spiro atoms. The van der Waals surface area contributed by atoms with E-state index in [1.54, 1.807) is 0 Å². The number of benzene rings is 4. The summed E-state index contributed by atoms with van der Waals surface area (Å²) < 4.78 is 10.6. The number of rotatable bonds is 9. The maximum Gasteiger partial charge on any atom is 0.410 e. The molecular formula is C48H53N7O5. The molecule has 0 saturated carbocycles. The van der Waals surface area contributed by atoms with Crippen LogP contribution in [0.1, 0.15) is 89.1 Å². The second-order valence-corrected chi connectivity index (χ2v) is 17.3. The fourth-order valence-corrected chi connectivity index (χ4v) is 8.52. The van der Waals surface area contributed by atoms with Gasteiger partial charge in [0.15, 0.2) is 0 Å². The molecule has 3 N–H and O–H groups in total. The van der Waals surface area contributed by atoms with Crippen molar-refractivity contribution in [1.29, 1.82) is 0 Å². The third-order valence-corrected chi connectivity index (χ3v) is 11.6. The highest BCUT2D eigenvalue weighted by Gasteiger charge is 2.41. The van der Waals surface area contributed by atoms with E-state index in [9.17, 15) is 14.4 Å². The van der Waals surface area contributed by atoms with Crippen molar-refractivity contribution in [1.82, 2.24) is 35.1 Å². The molecule has 4 atom stereocenters. The molecule has 2 aliphatic heterocycles. The van der Waals surface area contributed by atoms with E-state index < -0.39 is 17.7 Å². The lowest BCUT2D eigenvalue weighted by atomic mass is 9.96. The largest absolute Gasteiger partial charge is 0.453 e. The minimum Gasteiger partial charge on any atom is -0.453 e. The number of carbonyl (C=O) groups excluding carboxylic acids is 3. The van der Waals surface area contributed by atoms with Crippen LogP contribution in [0.3, 0.4) is 0 Å². The molecule has 4 heterocycles. The number of amides is 3. The first-order valence-electron chi connectivity index (χ1n) is 20.8. The van der Waals surface area contributed by atoms with E-state index in [1.807, 2.05) is 75.0 Å². The monoisotopic (exact) mass is 807 g/mol. The van der Waals surface area contributed by atoms with Crippen LogP contribution in [0, 0.1) is 5.92 Å². The molecule has 6 aromatic rings. The zero-order valence-corrected chi connectivity index (χ0v) is 35.1. The zero-order valence-electron chi connectivity index (χ0n) is 35.1. The highest BCUT2D eigenvalue weighted by atomic mass is 16.6. The third-order valence-electron chi connectivity index (χ3n) is 11.6. The van der Waals surface area contributed by atoms with Crippen molar-refractivity contribution in [2.75, 3.05) is 20.2 Å². The number of alkyl carbamates (subject to hydrolysis) is 1. The topological polar surface area (TPSA) is 146 Å². The number of fused-ring (bicyclic) bond motifs is 1. The van der Waals surface area contributed by atoms with E-state index in [2.05, 4.69) is 88.1 Å². The van der Waals surface area contributed by atoms with Gasteiger partial charge in [-0.2, -0.15) is 0 Å². The molecular weight excluding hydrogens is 755 g/mol. The van der Waals surface area contributed by atoms with Gasteiger partial charge >= 0.3 is 12.2 Å². The van der Waals surface area contributed by atoms with Gasteiger partial charge in [0.2, 0.25) is 5.91 Å². The van der Waals surface area contributed by atoms with E-state index in [0.29, 0.717) is 13.1 Å². The van der Waals surface area contributed by atoms with E-state index in [1.165, 1.54) is 12.7 Å². The first kappa shape index (κ1) is 40.4. The molecule has 12 nitrogen and oxygen atoms in total. The number of carbonyl (C=O) groups is 3. The Morgan fingerprint density at radius 3 is 2.02 bits per heavy atom. The number of imidazole rings is 2. The fourth-order valence-electron chi connectivity index (χ4n) is 8.52. The van der Waals surface area contributed by atoms with Crippen LogP contribution in [0.2, 0.25) is 0 Å². The average molecular weight is 808 g/mol. The summed E-state index contributed by atoms with van der Waals surface area (Å²) in [5.41, 5.74) is 6.58. The Morgan fingerprint density at radius 2 is 1.37 bits per heavy atom. The summed E-state index contributed by atoms with van der Waals surface area (Å²) in [7, 11) is 1.30. The van der Waals surface area contributed by atoms with Crippen LogP contribution in [0.15, 0.2) is 103 Å². The lowest BCUT2D eigenvalue weighted by Crippen LogP contribution is -2.51. The van der Waals surface area contributed by atoms with Gasteiger partial charge in [0.05, 0.1) is 43.0 Å². The lowest BCUT2D eigenvalue weighted by Gasteiger charge is -2.30. The van der Waals surface area contributed by atoms with Crippen LogP contribution >= 0.6 is 0 Å². The molecule has 4 aromatic carbocycles. The lowest BCUT2D eigenvalue weighted by molar-refractivity contribution is -0.135. The minimum atomic E-state index is -0.684. The predicted octanol–water partition coefficient (Wildman–Crippen LogP) is 9.80. The molecule has 2 aromatic heterocycles. The van der Waals surface area contributed by atoms with Crippen molar-refractivity contribution in [3.8, 4) is 33.6 Å². The maximum absolute atomic E-state index is 13.6. The highest BCUT2D eigenvalue weighted by molar-refractivity contribution is 5.91. The Labute approximate surface area is 350 Å². The molecule has 310 valence electrons. The summed E-state index contributed by atoms with van der Waals surface area (Å²) in [6.07, 6.45) is 5.12. The number of aromatic nitrogens is 4. The fraction of sp³-hybridized carbons (Fsp3) is 0.354. The number of nitrogens with one attached hydrogen (secondary N) is 3. The molecule has 0 unspecified atom stereocenters. The molecule has 0 bridgehead atoms. The summed E-state index contributed by atoms with van der Waals surface area (Å²) in [4.78, 5) is 59.2. The highest BCUT2D eigenvalue weighted by Crippen LogP contribution is 2.41. The second kappa shape index (κ2) is 16.7. The number of hydrogen-bond acceptors (Lipinski definition) is 7. The molecule has 2 aliphatic rings. The number of hydrogen-bond donors (Lipinski definition) is 3. The number of H-pyrrole nitrogens is 2. The van der Waals surface area contributed by atoms with E-state index in [-0.39, 0.29) is 35.9 Å². The van der Waals surface area contributed by atoms with E-state index >= 15 is 0 Å². The van der Waals surface area contributed by atoms with Crippen LogP contribution in [0.4, 0.5) is 9.59 Å². The molecule has 12 heteroatoms. The van der Waals surface area contributed by atoms with Gasteiger partial charge in [0, 0.05) is 24.6 Å².